The largest absolute Gasteiger partial charge is 0.360 e. The highest BCUT2D eigenvalue weighted by Crippen LogP contribution is 2.39. The van der Waals surface area contributed by atoms with Crippen molar-refractivity contribution in [3.63, 3.8) is 0 Å². The monoisotopic (exact) mass is 363 g/mol. The van der Waals surface area contributed by atoms with Crippen molar-refractivity contribution in [1.82, 2.24) is 5.48 Å². The van der Waals surface area contributed by atoms with E-state index < -0.39 is 5.79 Å². The molecule has 0 aromatic heterocycles. The molecule has 1 aliphatic rings. The Morgan fingerprint density at radius 3 is 2.64 bits per heavy atom. The number of halogens is 2. The zero-order valence-corrected chi connectivity index (χ0v) is 13.7. The molecular weight excluding hydrogens is 349 g/mol. The highest BCUT2D eigenvalue weighted by atomic mass is 79.9. The first kappa shape index (κ1) is 15.2. The Hall–Kier alpha value is -1.69. The van der Waals surface area contributed by atoms with Crippen molar-refractivity contribution in [2.24, 2.45) is 0 Å². The van der Waals surface area contributed by atoms with Crippen molar-refractivity contribution < 1.29 is 14.3 Å². The average molecular weight is 364 g/mol. The smallest absolute Gasteiger partial charge is 0.217 e. The van der Waals surface area contributed by atoms with Crippen molar-refractivity contribution in [2.75, 3.05) is 0 Å². The van der Waals surface area contributed by atoms with Crippen molar-refractivity contribution in [3.8, 4) is 0 Å². The maximum atomic E-state index is 13.5. The third kappa shape index (κ3) is 2.67. The first-order valence-corrected chi connectivity index (χ1v) is 7.61. The Kier molecular flexibility index (Phi) is 3.80. The Morgan fingerprint density at radius 1 is 1.18 bits per heavy atom. The maximum absolute atomic E-state index is 13.5. The predicted molar refractivity (Wildman–Crippen MR) is 86.9 cm³/mol. The van der Waals surface area contributed by atoms with Gasteiger partial charge in [-0.15, -0.1) is 0 Å². The van der Waals surface area contributed by atoms with Gasteiger partial charge in [0.15, 0.2) is 0 Å². The van der Waals surface area contributed by atoms with E-state index in [-0.39, 0.29) is 5.82 Å². The van der Waals surface area contributed by atoms with E-state index in [1.807, 2.05) is 25.1 Å². The van der Waals surface area contributed by atoms with Gasteiger partial charge >= 0.3 is 0 Å². The van der Waals surface area contributed by atoms with Gasteiger partial charge in [0, 0.05) is 15.6 Å². The molecule has 0 radical (unpaired) electrons. The summed E-state index contributed by atoms with van der Waals surface area (Å²) in [5.74, 6) is -1.90. The summed E-state index contributed by atoms with van der Waals surface area (Å²) in [5, 5.41) is 10.5. The number of hydrogen-bond acceptors (Lipinski definition) is 3. The standard InChI is InChI=1S/C17H15BrFNO2/c1-10-8-12(6-7-14(10)18)16-15(17(2,21)22-20-16)11-4-3-5-13(19)9-11/h3-9,20-21H,1-2H3. The quantitative estimate of drug-likeness (QED) is 0.846. The van der Waals surface area contributed by atoms with Crippen LogP contribution in [0.4, 0.5) is 4.39 Å². The molecule has 2 aromatic rings. The number of aryl methyl sites for hydroxylation is 1. The lowest BCUT2D eigenvalue weighted by Gasteiger charge is -2.18. The first-order chi connectivity index (χ1) is 10.4. The van der Waals surface area contributed by atoms with Crippen LogP contribution in [0.15, 0.2) is 46.9 Å². The molecule has 22 heavy (non-hydrogen) atoms. The van der Waals surface area contributed by atoms with E-state index >= 15 is 0 Å². The minimum absolute atomic E-state index is 0.362. The fraction of sp³-hybridized carbons (Fsp3) is 0.176. The predicted octanol–water partition coefficient (Wildman–Crippen LogP) is 4.01. The van der Waals surface area contributed by atoms with Gasteiger partial charge in [-0.05, 0) is 49.2 Å². The summed E-state index contributed by atoms with van der Waals surface area (Å²) in [7, 11) is 0. The summed E-state index contributed by atoms with van der Waals surface area (Å²) in [4.78, 5) is 5.28. The molecule has 0 spiro atoms. The lowest BCUT2D eigenvalue weighted by molar-refractivity contribution is -0.160. The Bertz CT molecular complexity index is 771. The van der Waals surface area contributed by atoms with Crippen molar-refractivity contribution in [3.05, 3.63) is 69.4 Å². The zero-order valence-electron chi connectivity index (χ0n) is 12.2. The van der Waals surface area contributed by atoms with Crippen LogP contribution >= 0.6 is 15.9 Å². The summed E-state index contributed by atoms with van der Waals surface area (Å²) in [6, 6.07) is 11.9. The van der Waals surface area contributed by atoms with Gasteiger partial charge in [0.25, 0.3) is 0 Å². The van der Waals surface area contributed by atoms with Crippen LogP contribution in [-0.4, -0.2) is 10.9 Å². The third-order valence-electron chi connectivity index (χ3n) is 3.63. The summed E-state index contributed by atoms with van der Waals surface area (Å²) in [5.41, 5.74) is 6.39. The fourth-order valence-electron chi connectivity index (χ4n) is 2.54. The highest BCUT2D eigenvalue weighted by Gasteiger charge is 2.38. The van der Waals surface area contributed by atoms with Gasteiger partial charge in [0.05, 0.1) is 5.70 Å². The van der Waals surface area contributed by atoms with Crippen molar-refractivity contribution >= 4 is 27.2 Å². The lowest BCUT2D eigenvalue weighted by atomic mass is 9.94. The molecule has 0 saturated heterocycles. The minimum atomic E-state index is -1.54. The molecule has 1 aliphatic heterocycles. The molecule has 114 valence electrons. The molecular formula is C17H15BrFNO2. The maximum Gasteiger partial charge on any atom is 0.217 e. The zero-order chi connectivity index (χ0) is 15.9. The normalized spacial score (nSPS) is 21.1. The van der Waals surface area contributed by atoms with Crippen molar-refractivity contribution in [1.29, 1.82) is 0 Å². The van der Waals surface area contributed by atoms with Gasteiger partial charge in [-0.3, -0.25) is 5.48 Å². The van der Waals surface area contributed by atoms with Crippen LogP contribution in [0.2, 0.25) is 0 Å². The number of nitrogens with one attached hydrogen (secondary N) is 1. The van der Waals surface area contributed by atoms with E-state index in [0.717, 1.165) is 15.6 Å². The average Bonchev–Trinajstić information content (AvgIpc) is 2.77. The van der Waals surface area contributed by atoms with Crippen LogP contribution in [0.3, 0.4) is 0 Å². The fourth-order valence-corrected chi connectivity index (χ4v) is 2.79. The molecule has 0 amide bonds. The molecule has 2 aromatic carbocycles. The second kappa shape index (κ2) is 5.50. The summed E-state index contributed by atoms with van der Waals surface area (Å²) in [6.45, 7) is 3.50. The van der Waals surface area contributed by atoms with Crippen LogP contribution < -0.4 is 5.48 Å². The van der Waals surface area contributed by atoms with E-state index in [2.05, 4.69) is 21.4 Å². The Balaban J connectivity index is 2.20. The molecule has 0 fully saturated rings. The van der Waals surface area contributed by atoms with E-state index in [4.69, 9.17) is 4.84 Å². The second-order valence-electron chi connectivity index (χ2n) is 5.41. The molecule has 0 saturated carbocycles. The number of aliphatic hydroxyl groups is 1. The van der Waals surface area contributed by atoms with E-state index in [1.54, 1.807) is 12.1 Å². The Labute approximate surface area is 136 Å². The van der Waals surface area contributed by atoms with Crippen LogP contribution in [0.25, 0.3) is 11.3 Å². The molecule has 3 rings (SSSR count). The number of hydroxylamine groups is 1. The van der Waals surface area contributed by atoms with E-state index in [9.17, 15) is 9.50 Å². The molecule has 5 heteroatoms. The minimum Gasteiger partial charge on any atom is -0.360 e. The Morgan fingerprint density at radius 2 is 1.95 bits per heavy atom. The first-order valence-electron chi connectivity index (χ1n) is 6.82. The summed E-state index contributed by atoms with van der Waals surface area (Å²) < 4.78 is 14.5. The summed E-state index contributed by atoms with van der Waals surface area (Å²) >= 11 is 3.46. The van der Waals surface area contributed by atoms with Crippen LogP contribution in [0.1, 0.15) is 23.6 Å². The van der Waals surface area contributed by atoms with Crippen LogP contribution in [0.5, 0.6) is 0 Å². The van der Waals surface area contributed by atoms with Gasteiger partial charge in [0.2, 0.25) is 5.79 Å². The molecule has 0 bridgehead atoms. The highest BCUT2D eigenvalue weighted by molar-refractivity contribution is 9.10. The molecule has 1 unspecified atom stereocenters. The second-order valence-corrected chi connectivity index (χ2v) is 6.27. The topological polar surface area (TPSA) is 41.5 Å². The van der Waals surface area contributed by atoms with Gasteiger partial charge in [-0.25, -0.2) is 9.23 Å². The SMILES string of the molecule is Cc1cc(C2=C(c3cccc(F)c3)C(C)(O)ON2)ccc1Br. The molecule has 0 aliphatic carbocycles. The summed E-state index contributed by atoms with van der Waals surface area (Å²) in [6.07, 6.45) is 0. The molecule has 2 N–H and O–H groups in total. The molecule has 1 heterocycles. The van der Waals surface area contributed by atoms with Crippen LogP contribution in [0, 0.1) is 12.7 Å². The number of benzene rings is 2. The molecule has 3 nitrogen and oxygen atoms in total. The number of hydrogen-bond donors (Lipinski definition) is 2. The molecule has 1 atom stereocenters. The van der Waals surface area contributed by atoms with Crippen molar-refractivity contribution in [2.45, 2.75) is 19.6 Å². The van der Waals surface area contributed by atoms with Gasteiger partial charge in [0.1, 0.15) is 5.82 Å². The number of rotatable bonds is 2. The third-order valence-corrected chi connectivity index (χ3v) is 4.52. The van der Waals surface area contributed by atoms with E-state index in [1.165, 1.54) is 19.1 Å². The lowest BCUT2D eigenvalue weighted by Crippen LogP contribution is -2.27. The van der Waals surface area contributed by atoms with Crippen LogP contribution in [-0.2, 0) is 4.84 Å². The van der Waals surface area contributed by atoms with Gasteiger partial charge in [-0.1, -0.05) is 34.1 Å². The van der Waals surface area contributed by atoms with E-state index in [0.29, 0.717) is 16.8 Å². The van der Waals surface area contributed by atoms with Gasteiger partial charge < -0.3 is 5.11 Å². The van der Waals surface area contributed by atoms with Gasteiger partial charge in [-0.2, -0.15) is 0 Å².